The number of para-hydroxylation sites is 1. The SMILES string of the molecule is C1=CC2=C(c3ccccc3)C3=CC(=C[N-]c4ccccc4)C(=N3)C(c3ccccc3)=c3ccc([n-]3)=C(c3ccccc3)C3=NC(=C(c4ccccc4)C1=N2)C=C3.[Ni+2]. The smallest absolute Gasteiger partial charge is 0.664 e. The second-order valence-corrected chi connectivity index (χ2v) is 13.7. The van der Waals surface area contributed by atoms with E-state index in [4.69, 9.17) is 25.3 Å². The summed E-state index contributed by atoms with van der Waals surface area (Å²) in [6.45, 7) is 0. The van der Waals surface area contributed by atoms with E-state index in [1.165, 1.54) is 0 Å². The zero-order valence-electron chi connectivity index (χ0n) is 30.6. The molecule has 0 saturated heterocycles. The van der Waals surface area contributed by atoms with E-state index in [1.54, 1.807) is 0 Å². The van der Waals surface area contributed by atoms with E-state index < -0.39 is 0 Å². The van der Waals surface area contributed by atoms with Crippen molar-refractivity contribution in [3.63, 3.8) is 0 Å². The van der Waals surface area contributed by atoms with Crippen molar-refractivity contribution in [1.82, 2.24) is 4.98 Å². The fourth-order valence-electron chi connectivity index (χ4n) is 7.55. The maximum atomic E-state index is 5.53. The van der Waals surface area contributed by atoms with Crippen LogP contribution in [0, 0.1) is 0 Å². The molecule has 5 heterocycles. The maximum absolute atomic E-state index is 5.53. The van der Waals surface area contributed by atoms with E-state index in [1.807, 2.05) is 60.8 Å². The third-order valence-corrected chi connectivity index (χ3v) is 10.1. The Labute approximate surface area is 341 Å². The summed E-state index contributed by atoms with van der Waals surface area (Å²) >= 11 is 0. The van der Waals surface area contributed by atoms with Gasteiger partial charge in [0.2, 0.25) is 0 Å². The van der Waals surface area contributed by atoms with Gasteiger partial charge in [-0.05, 0) is 69.4 Å². The van der Waals surface area contributed by atoms with Crippen LogP contribution in [-0.4, -0.2) is 17.1 Å². The predicted octanol–water partition coefficient (Wildman–Crippen LogP) is 9.82. The molecule has 0 N–H and O–H groups in total. The van der Waals surface area contributed by atoms with E-state index in [0.29, 0.717) is 0 Å². The van der Waals surface area contributed by atoms with Crippen LogP contribution >= 0.6 is 0 Å². The minimum atomic E-state index is 0. The number of aromatic nitrogens is 1. The summed E-state index contributed by atoms with van der Waals surface area (Å²) in [6, 6.07) is 55.8. The average molecular weight is 775 g/mol. The molecule has 272 valence electrons. The molecule has 0 amide bonds. The molecule has 5 nitrogen and oxygen atoms in total. The van der Waals surface area contributed by atoms with Crippen LogP contribution in [0.1, 0.15) is 22.3 Å². The quantitative estimate of drug-likeness (QED) is 0.156. The van der Waals surface area contributed by atoms with Gasteiger partial charge in [0.15, 0.2) is 0 Å². The molecule has 10 rings (SSSR count). The minimum Gasteiger partial charge on any atom is -0.664 e. The van der Waals surface area contributed by atoms with Crippen LogP contribution < -0.4 is 15.7 Å². The molecular formula is C51H33N5Ni. The Hall–Kier alpha value is -7.14. The van der Waals surface area contributed by atoms with E-state index in [0.717, 1.165) is 101 Å². The third kappa shape index (κ3) is 6.88. The van der Waals surface area contributed by atoms with Gasteiger partial charge in [0.05, 0.1) is 34.2 Å². The van der Waals surface area contributed by atoms with E-state index >= 15 is 0 Å². The van der Waals surface area contributed by atoms with Gasteiger partial charge in [0.1, 0.15) is 0 Å². The van der Waals surface area contributed by atoms with Gasteiger partial charge in [0.25, 0.3) is 0 Å². The standard InChI is InChI=1S/C51H33N5.Ni/c1-6-16-34(17-7-1)47-40-26-27-41(53-40)48(35-18-8-2-9-19-35)43-30-31-45(55-43)50(37-22-12-4-13-23-37)51-38(33-52-39-24-14-5-15-25-39)32-46(56-51)49(36-20-10-3-11-21-36)44-29-28-42(47)54-44;/h1-33H;/q-2;+2. The van der Waals surface area contributed by atoms with Crippen molar-refractivity contribution in [3.8, 4) is 0 Å². The molecule has 1 aromatic heterocycles. The molecule has 0 fully saturated rings. The van der Waals surface area contributed by atoms with Crippen LogP contribution in [0.3, 0.4) is 0 Å². The second kappa shape index (κ2) is 15.5. The summed E-state index contributed by atoms with van der Waals surface area (Å²) in [5.41, 5.74) is 14.5. The van der Waals surface area contributed by atoms with Crippen molar-refractivity contribution in [3.05, 3.63) is 261 Å². The number of allylic oxidation sites excluding steroid dienone is 8. The van der Waals surface area contributed by atoms with Crippen LogP contribution in [0.5, 0.6) is 0 Å². The average Bonchev–Trinajstić information content (AvgIpc) is 4.10. The summed E-state index contributed by atoms with van der Waals surface area (Å²) in [6.07, 6.45) is 12.5. The fraction of sp³-hybridized carbons (Fsp3) is 0. The predicted molar refractivity (Wildman–Crippen MR) is 230 cm³/mol. The van der Waals surface area contributed by atoms with Crippen LogP contribution in [0.4, 0.5) is 5.69 Å². The van der Waals surface area contributed by atoms with Crippen LogP contribution in [0.2, 0.25) is 0 Å². The summed E-state index contributed by atoms with van der Waals surface area (Å²) < 4.78 is 0. The fourth-order valence-corrected chi connectivity index (χ4v) is 7.55. The molecule has 5 aromatic carbocycles. The Bertz CT molecular complexity index is 2930. The molecule has 0 radical (unpaired) electrons. The molecule has 8 bridgehead atoms. The number of hydrogen-bond donors (Lipinski definition) is 0. The Morgan fingerprint density at radius 2 is 0.860 bits per heavy atom. The molecule has 6 aromatic rings. The van der Waals surface area contributed by atoms with Crippen LogP contribution in [0.15, 0.2) is 238 Å². The third-order valence-electron chi connectivity index (χ3n) is 10.1. The number of rotatable bonds is 6. The van der Waals surface area contributed by atoms with Crippen molar-refractivity contribution < 1.29 is 16.5 Å². The number of aliphatic imine (C=N–C) groups is 3. The molecule has 4 aliphatic heterocycles. The van der Waals surface area contributed by atoms with E-state index in [2.05, 4.69) is 140 Å². The molecule has 0 atom stereocenters. The summed E-state index contributed by atoms with van der Waals surface area (Å²) in [4.78, 5) is 21.7. The monoisotopic (exact) mass is 773 g/mol. The first kappa shape index (κ1) is 35.6. The van der Waals surface area contributed by atoms with Gasteiger partial charge in [0, 0.05) is 11.1 Å². The van der Waals surface area contributed by atoms with Crippen molar-refractivity contribution >= 4 is 45.1 Å². The number of hydrogen-bond acceptors (Lipinski definition) is 3. The van der Waals surface area contributed by atoms with Crippen LogP contribution in [-0.2, 0) is 16.5 Å². The largest absolute Gasteiger partial charge is 2.00 e. The van der Waals surface area contributed by atoms with Crippen molar-refractivity contribution in [2.24, 2.45) is 15.0 Å². The number of nitrogens with zero attached hydrogens (tertiary/aromatic N) is 5. The van der Waals surface area contributed by atoms with E-state index in [9.17, 15) is 0 Å². The maximum Gasteiger partial charge on any atom is 2.00 e. The molecule has 6 heteroatoms. The Kier molecular flexibility index (Phi) is 9.70. The van der Waals surface area contributed by atoms with Crippen molar-refractivity contribution in [1.29, 1.82) is 0 Å². The van der Waals surface area contributed by atoms with Gasteiger partial charge in [-0.25, -0.2) is 15.0 Å². The molecule has 0 unspecified atom stereocenters. The summed E-state index contributed by atoms with van der Waals surface area (Å²) in [7, 11) is 0. The first-order chi connectivity index (χ1) is 27.8. The molecular weight excluding hydrogens is 741 g/mol. The van der Waals surface area contributed by atoms with Gasteiger partial charge < -0.3 is 10.3 Å². The van der Waals surface area contributed by atoms with Gasteiger partial charge in [-0.15, -0.1) is 16.4 Å². The normalized spacial score (nSPS) is 16.4. The second-order valence-electron chi connectivity index (χ2n) is 13.7. The molecule has 57 heavy (non-hydrogen) atoms. The zero-order chi connectivity index (χ0) is 37.3. The molecule has 0 spiro atoms. The number of fused-ring (bicyclic) bond motifs is 5. The zero-order valence-corrected chi connectivity index (χ0v) is 31.6. The van der Waals surface area contributed by atoms with Crippen molar-refractivity contribution in [2.75, 3.05) is 0 Å². The van der Waals surface area contributed by atoms with Gasteiger partial charge >= 0.3 is 16.5 Å². The summed E-state index contributed by atoms with van der Waals surface area (Å²) in [5.74, 6) is 0. The summed E-state index contributed by atoms with van der Waals surface area (Å²) in [5, 5.41) is 6.59. The first-order valence-electron chi connectivity index (χ1n) is 18.7. The first-order valence-corrected chi connectivity index (χ1v) is 18.7. The Morgan fingerprint density at radius 1 is 0.421 bits per heavy atom. The number of benzene rings is 5. The minimum absolute atomic E-state index is 0. The van der Waals surface area contributed by atoms with Crippen LogP contribution in [0.25, 0.3) is 27.6 Å². The van der Waals surface area contributed by atoms with E-state index in [-0.39, 0.29) is 16.5 Å². The Morgan fingerprint density at radius 3 is 1.42 bits per heavy atom. The van der Waals surface area contributed by atoms with Gasteiger partial charge in [-0.1, -0.05) is 164 Å². The molecule has 0 saturated carbocycles. The van der Waals surface area contributed by atoms with Crippen molar-refractivity contribution in [2.45, 2.75) is 0 Å². The molecule has 0 aliphatic carbocycles. The van der Waals surface area contributed by atoms with Gasteiger partial charge in [-0.2, -0.15) is 6.20 Å². The molecule has 4 aliphatic rings. The topological polar surface area (TPSA) is 65.3 Å². The van der Waals surface area contributed by atoms with Gasteiger partial charge in [-0.3, -0.25) is 0 Å². The Balaban J connectivity index is 0.00000422.